The van der Waals surface area contributed by atoms with Crippen LogP contribution in [0.2, 0.25) is 0 Å². The molecule has 0 aliphatic carbocycles. The van der Waals surface area contributed by atoms with Gasteiger partial charge >= 0.3 is 0 Å². The van der Waals surface area contributed by atoms with Crippen LogP contribution in [0, 0.1) is 5.92 Å². The van der Waals surface area contributed by atoms with E-state index in [4.69, 9.17) is 4.42 Å². The lowest BCUT2D eigenvalue weighted by atomic mass is 9.97. The molecule has 0 aromatic carbocycles. The Labute approximate surface area is 177 Å². The van der Waals surface area contributed by atoms with E-state index in [-0.39, 0.29) is 24.0 Å². The molecule has 0 unspecified atom stereocenters. The molecule has 0 atom stereocenters. The van der Waals surface area contributed by atoms with Crippen LogP contribution in [0.4, 0.5) is 0 Å². The Hall–Kier alpha value is -1.06. The Balaban J connectivity index is 0.00000243. The number of thiophene rings is 1. The highest BCUT2D eigenvalue weighted by Gasteiger charge is 2.19. The smallest absolute Gasteiger partial charge is 0.190 e. The van der Waals surface area contributed by atoms with Gasteiger partial charge in [0.25, 0.3) is 0 Å². The molecular formula is C19H29IN4OS. The third kappa shape index (κ3) is 6.92. The summed E-state index contributed by atoms with van der Waals surface area (Å²) >= 11 is 1.86. The van der Waals surface area contributed by atoms with Crippen molar-refractivity contribution in [2.45, 2.75) is 25.8 Å². The van der Waals surface area contributed by atoms with Crippen molar-refractivity contribution >= 4 is 41.3 Å². The monoisotopic (exact) mass is 488 g/mol. The SMILES string of the molecule is CN=C(NCCc1ccco1)NCC1CCN(Cc2cccs2)CC1.I. The van der Waals surface area contributed by atoms with Crippen molar-refractivity contribution < 1.29 is 4.42 Å². The van der Waals surface area contributed by atoms with E-state index in [1.807, 2.05) is 30.5 Å². The highest BCUT2D eigenvalue weighted by atomic mass is 127. The van der Waals surface area contributed by atoms with Gasteiger partial charge in [0, 0.05) is 38.0 Å². The van der Waals surface area contributed by atoms with Gasteiger partial charge in [-0.1, -0.05) is 6.07 Å². The maximum absolute atomic E-state index is 5.35. The number of hydrogen-bond acceptors (Lipinski definition) is 4. The maximum Gasteiger partial charge on any atom is 0.190 e. The number of rotatable bonds is 7. The van der Waals surface area contributed by atoms with Gasteiger partial charge in [-0.25, -0.2) is 0 Å². The average molecular weight is 488 g/mol. The van der Waals surface area contributed by atoms with E-state index >= 15 is 0 Å². The van der Waals surface area contributed by atoms with Crippen molar-refractivity contribution in [3.8, 4) is 0 Å². The van der Waals surface area contributed by atoms with Crippen LogP contribution in [0.15, 0.2) is 45.3 Å². The molecule has 2 aromatic rings. The van der Waals surface area contributed by atoms with Gasteiger partial charge in [-0.05, 0) is 55.4 Å². The number of furan rings is 1. The number of aliphatic imine (C=N–C) groups is 1. The van der Waals surface area contributed by atoms with Gasteiger partial charge in [0.15, 0.2) is 5.96 Å². The van der Waals surface area contributed by atoms with Crippen LogP contribution < -0.4 is 10.6 Å². The molecule has 1 saturated heterocycles. The first-order valence-corrected chi connectivity index (χ1v) is 9.93. The summed E-state index contributed by atoms with van der Waals surface area (Å²) in [6.07, 6.45) is 5.09. The number of nitrogens with zero attached hydrogens (tertiary/aromatic N) is 2. The van der Waals surface area contributed by atoms with E-state index in [0.29, 0.717) is 0 Å². The standard InChI is InChI=1S/C19H28N4OS.HI/c1-20-19(21-9-6-17-4-2-12-24-17)22-14-16-7-10-23(11-8-16)15-18-5-3-13-25-18;/h2-5,12-13,16H,6-11,14-15H2,1H3,(H2,20,21,22);1H. The fourth-order valence-electron chi connectivity index (χ4n) is 3.19. The van der Waals surface area contributed by atoms with Gasteiger partial charge in [0.2, 0.25) is 0 Å². The number of guanidine groups is 1. The summed E-state index contributed by atoms with van der Waals surface area (Å²) in [7, 11) is 1.83. The van der Waals surface area contributed by atoms with E-state index in [0.717, 1.165) is 43.7 Å². The Bertz CT molecular complexity index is 622. The minimum atomic E-state index is 0. The van der Waals surface area contributed by atoms with Crippen LogP contribution in [-0.4, -0.2) is 44.1 Å². The van der Waals surface area contributed by atoms with Crippen LogP contribution in [0.25, 0.3) is 0 Å². The zero-order valence-electron chi connectivity index (χ0n) is 15.3. The molecule has 0 saturated carbocycles. The molecule has 5 nitrogen and oxygen atoms in total. The molecule has 144 valence electrons. The highest BCUT2D eigenvalue weighted by Crippen LogP contribution is 2.20. The largest absolute Gasteiger partial charge is 0.469 e. The molecule has 2 N–H and O–H groups in total. The van der Waals surface area contributed by atoms with Crippen molar-refractivity contribution in [2.24, 2.45) is 10.9 Å². The van der Waals surface area contributed by atoms with E-state index in [1.165, 1.54) is 30.8 Å². The molecule has 1 fully saturated rings. The topological polar surface area (TPSA) is 52.8 Å². The summed E-state index contributed by atoms with van der Waals surface area (Å²) < 4.78 is 5.35. The number of hydrogen-bond donors (Lipinski definition) is 2. The summed E-state index contributed by atoms with van der Waals surface area (Å²) in [4.78, 5) is 8.35. The molecule has 0 radical (unpaired) electrons. The zero-order valence-corrected chi connectivity index (χ0v) is 18.5. The van der Waals surface area contributed by atoms with E-state index in [9.17, 15) is 0 Å². The quantitative estimate of drug-likeness (QED) is 0.356. The Morgan fingerprint density at radius 1 is 1.27 bits per heavy atom. The first-order chi connectivity index (χ1) is 12.3. The van der Waals surface area contributed by atoms with Crippen LogP contribution in [-0.2, 0) is 13.0 Å². The minimum Gasteiger partial charge on any atom is -0.469 e. The summed E-state index contributed by atoms with van der Waals surface area (Å²) in [5.74, 6) is 2.61. The zero-order chi connectivity index (χ0) is 17.3. The lowest BCUT2D eigenvalue weighted by Crippen LogP contribution is -2.43. The first-order valence-electron chi connectivity index (χ1n) is 9.05. The Kier molecular flexibility index (Phi) is 9.49. The molecular weight excluding hydrogens is 459 g/mol. The third-order valence-corrected chi connectivity index (χ3v) is 5.55. The molecule has 1 aliphatic heterocycles. The van der Waals surface area contributed by atoms with E-state index in [1.54, 1.807) is 6.26 Å². The molecule has 3 heterocycles. The molecule has 7 heteroatoms. The molecule has 26 heavy (non-hydrogen) atoms. The van der Waals surface area contributed by atoms with Gasteiger partial charge in [0.05, 0.1) is 6.26 Å². The van der Waals surface area contributed by atoms with Crippen molar-refractivity contribution in [3.63, 3.8) is 0 Å². The van der Waals surface area contributed by atoms with Crippen LogP contribution in [0.3, 0.4) is 0 Å². The first kappa shape index (κ1) is 21.2. The van der Waals surface area contributed by atoms with Gasteiger partial charge in [-0.15, -0.1) is 35.3 Å². The third-order valence-electron chi connectivity index (χ3n) is 4.69. The fraction of sp³-hybridized carbons (Fsp3) is 0.526. The predicted octanol–water partition coefficient (Wildman–Crippen LogP) is 3.58. The normalized spacial score (nSPS) is 16.3. The van der Waals surface area contributed by atoms with Crippen LogP contribution in [0.5, 0.6) is 0 Å². The maximum atomic E-state index is 5.35. The van der Waals surface area contributed by atoms with Crippen molar-refractivity contribution in [1.82, 2.24) is 15.5 Å². The second-order valence-electron chi connectivity index (χ2n) is 6.51. The molecule has 0 amide bonds. The average Bonchev–Trinajstić information content (AvgIpc) is 3.33. The molecule has 3 rings (SSSR count). The van der Waals surface area contributed by atoms with Gasteiger partial charge in [0.1, 0.15) is 5.76 Å². The minimum absolute atomic E-state index is 0. The van der Waals surface area contributed by atoms with Crippen molar-refractivity contribution in [2.75, 3.05) is 33.2 Å². The predicted molar refractivity (Wildman–Crippen MR) is 120 cm³/mol. The van der Waals surface area contributed by atoms with E-state index < -0.39 is 0 Å². The lowest BCUT2D eigenvalue weighted by molar-refractivity contribution is 0.179. The number of piperidine rings is 1. The molecule has 2 aromatic heterocycles. The molecule has 0 spiro atoms. The summed E-state index contributed by atoms with van der Waals surface area (Å²) in [6.45, 7) is 5.30. The van der Waals surface area contributed by atoms with Gasteiger partial charge < -0.3 is 15.1 Å². The molecule has 1 aliphatic rings. The van der Waals surface area contributed by atoms with E-state index in [2.05, 4.69) is 38.0 Å². The van der Waals surface area contributed by atoms with Crippen molar-refractivity contribution in [3.05, 3.63) is 46.5 Å². The Morgan fingerprint density at radius 3 is 2.77 bits per heavy atom. The highest BCUT2D eigenvalue weighted by molar-refractivity contribution is 14.0. The second-order valence-corrected chi connectivity index (χ2v) is 7.54. The Morgan fingerprint density at radius 2 is 2.12 bits per heavy atom. The number of halogens is 1. The van der Waals surface area contributed by atoms with Crippen LogP contribution >= 0.6 is 35.3 Å². The molecule has 0 bridgehead atoms. The van der Waals surface area contributed by atoms with Crippen LogP contribution in [0.1, 0.15) is 23.5 Å². The van der Waals surface area contributed by atoms with Crippen molar-refractivity contribution in [1.29, 1.82) is 0 Å². The summed E-state index contributed by atoms with van der Waals surface area (Å²) in [5, 5.41) is 8.99. The fourth-order valence-corrected chi connectivity index (χ4v) is 3.94. The summed E-state index contributed by atoms with van der Waals surface area (Å²) in [6, 6.07) is 8.30. The lowest BCUT2D eigenvalue weighted by Gasteiger charge is -2.32. The summed E-state index contributed by atoms with van der Waals surface area (Å²) in [5.41, 5.74) is 0. The van der Waals surface area contributed by atoms with Gasteiger partial charge in [-0.2, -0.15) is 0 Å². The van der Waals surface area contributed by atoms with Gasteiger partial charge in [-0.3, -0.25) is 9.89 Å². The number of nitrogens with one attached hydrogen (secondary N) is 2. The second kappa shape index (κ2) is 11.6. The number of likely N-dealkylation sites (tertiary alicyclic amines) is 1.